The fraction of sp³-hybridized carbons (Fsp3) is 0.286. The number of hydrogen-bond acceptors (Lipinski definition) is 6. The van der Waals surface area contributed by atoms with Crippen molar-refractivity contribution in [1.82, 2.24) is 5.32 Å². The van der Waals surface area contributed by atoms with Gasteiger partial charge in [0.05, 0.1) is 4.92 Å². The van der Waals surface area contributed by atoms with Gasteiger partial charge in [-0.1, -0.05) is 38.1 Å². The quantitative estimate of drug-likeness (QED) is 0.389. The van der Waals surface area contributed by atoms with Crippen LogP contribution in [0.2, 0.25) is 0 Å². The van der Waals surface area contributed by atoms with Crippen molar-refractivity contribution in [3.05, 3.63) is 70.3 Å². The van der Waals surface area contributed by atoms with Gasteiger partial charge in [-0.25, -0.2) is 4.79 Å². The molecule has 0 aromatic heterocycles. The minimum Gasteiger partial charge on any atom is -0.451 e. The first-order valence-electron chi connectivity index (χ1n) is 9.30. The van der Waals surface area contributed by atoms with Crippen molar-refractivity contribution in [2.24, 2.45) is 5.92 Å². The third-order valence-electron chi connectivity index (χ3n) is 4.23. The first-order valence-corrected chi connectivity index (χ1v) is 9.30. The number of nitro groups is 1. The highest BCUT2D eigenvalue weighted by molar-refractivity contribution is 5.98. The summed E-state index contributed by atoms with van der Waals surface area (Å²) in [5.74, 6) is -2.12. The van der Waals surface area contributed by atoms with E-state index in [1.165, 1.54) is 31.2 Å². The maximum Gasteiger partial charge on any atom is 0.329 e. The lowest BCUT2D eigenvalue weighted by atomic mass is 10.0. The smallest absolute Gasteiger partial charge is 0.329 e. The first kappa shape index (κ1) is 22.5. The number of nitro benzene ring substituents is 1. The van der Waals surface area contributed by atoms with Crippen LogP contribution in [0, 0.1) is 16.0 Å². The van der Waals surface area contributed by atoms with Gasteiger partial charge in [0.1, 0.15) is 6.04 Å². The van der Waals surface area contributed by atoms with Crippen LogP contribution in [-0.2, 0) is 14.3 Å². The zero-order valence-corrected chi connectivity index (χ0v) is 16.8. The van der Waals surface area contributed by atoms with Crippen LogP contribution in [0.4, 0.5) is 11.4 Å². The van der Waals surface area contributed by atoms with Gasteiger partial charge >= 0.3 is 5.97 Å². The second-order valence-electron chi connectivity index (χ2n) is 6.94. The monoisotopic (exact) mass is 413 g/mol. The molecule has 0 unspecified atom stereocenters. The van der Waals surface area contributed by atoms with E-state index in [-0.39, 0.29) is 17.3 Å². The number of carbonyl (C=O) groups is 3. The molecule has 2 rings (SSSR count). The van der Waals surface area contributed by atoms with E-state index in [4.69, 9.17) is 4.74 Å². The molecule has 2 amide bonds. The molecule has 0 aliphatic rings. The number of carbonyl (C=O) groups excluding carboxylic acids is 3. The summed E-state index contributed by atoms with van der Waals surface area (Å²) >= 11 is 0. The summed E-state index contributed by atoms with van der Waals surface area (Å²) in [6.45, 7) is 4.86. The number of nitrogens with zero attached hydrogens (tertiary/aromatic N) is 1. The van der Waals surface area contributed by atoms with Crippen LogP contribution < -0.4 is 10.6 Å². The average Bonchev–Trinajstić information content (AvgIpc) is 2.72. The van der Waals surface area contributed by atoms with Crippen molar-refractivity contribution in [3.8, 4) is 0 Å². The van der Waals surface area contributed by atoms with Crippen LogP contribution >= 0.6 is 0 Å². The van der Waals surface area contributed by atoms with E-state index in [1.807, 2.05) is 0 Å². The molecule has 0 bridgehead atoms. The molecular weight excluding hydrogens is 390 g/mol. The van der Waals surface area contributed by atoms with Crippen LogP contribution in [0.25, 0.3) is 0 Å². The van der Waals surface area contributed by atoms with Crippen LogP contribution in [0.15, 0.2) is 54.6 Å². The molecule has 9 nitrogen and oxygen atoms in total. The zero-order valence-electron chi connectivity index (χ0n) is 16.8. The number of amides is 2. The van der Waals surface area contributed by atoms with Gasteiger partial charge in [-0.2, -0.15) is 0 Å². The number of ether oxygens (including phenoxy) is 1. The summed E-state index contributed by atoms with van der Waals surface area (Å²) in [7, 11) is 0. The highest BCUT2D eigenvalue weighted by Gasteiger charge is 2.29. The van der Waals surface area contributed by atoms with E-state index >= 15 is 0 Å². The van der Waals surface area contributed by atoms with Gasteiger partial charge < -0.3 is 15.4 Å². The average molecular weight is 413 g/mol. The molecular formula is C21H23N3O6. The summed E-state index contributed by atoms with van der Waals surface area (Å²) < 4.78 is 5.22. The van der Waals surface area contributed by atoms with E-state index in [9.17, 15) is 24.5 Å². The lowest BCUT2D eigenvalue weighted by molar-refractivity contribution is -0.384. The number of nitrogens with one attached hydrogen (secondary N) is 2. The zero-order chi connectivity index (χ0) is 22.3. The fourth-order valence-electron chi connectivity index (χ4n) is 2.55. The Morgan fingerprint density at radius 2 is 1.67 bits per heavy atom. The van der Waals surface area contributed by atoms with Crippen molar-refractivity contribution in [2.75, 3.05) is 5.32 Å². The molecule has 9 heteroatoms. The number of benzene rings is 2. The van der Waals surface area contributed by atoms with Gasteiger partial charge in [0, 0.05) is 23.4 Å². The molecule has 0 aliphatic heterocycles. The molecule has 2 atom stereocenters. The standard InChI is InChI=1S/C21H23N3O6/c1-13(2)18(23-20(26)15-8-5-4-6-9-15)21(27)30-14(3)19(25)22-16-10-7-11-17(12-16)24(28)29/h4-14,18H,1-3H3,(H,22,25)(H,23,26)/t14-,18-/m1/s1. The third-order valence-corrected chi connectivity index (χ3v) is 4.23. The van der Waals surface area contributed by atoms with Gasteiger partial charge in [-0.05, 0) is 31.0 Å². The molecule has 30 heavy (non-hydrogen) atoms. The number of anilines is 1. The van der Waals surface area contributed by atoms with E-state index in [2.05, 4.69) is 10.6 Å². The number of hydrogen-bond donors (Lipinski definition) is 2. The Hall–Kier alpha value is -3.75. The lowest BCUT2D eigenvalue weighted by Crippen LogP contribution is -2.47. The Kier molecular flexibility index (Phi) is 7.62. The first-order chi connectivity index (χ1) is 14.2. The van der Waals surface area contributed by atoms with Crippen molar-refractivity contribution in [1.29, 1.82) is 0 Å². The van der Waals surface area contributed by atoms with E-state index in [1.54, 1.807) is 44.2 Å². The highest BCUT2D eigenvalue weighted by Crippen LogP contribution is 2.17. The number of esters is 1. The molecule has 0 fully saturated rings. The maximum absolute atomic E-state index is 12.6. The Balaban J connectivity index is 2.00. The van der Waals surface area contributed by atoms with Gasteiger partial charge in [0.15, 0.2) is 6.10 Å². The molecule has 0 aliphatic carbocycles. The molecule has 0 radical (unpaired) electrons. The summed E-state index contributed by atoms with van der Waals surface area (Å²) in [6.07, 6.45) is -1.17. The van der Waals surface area contributed by atoms with Crippen LogP contribution in [0.5, 0.6) is 0 Å². The molecule has 2 aromatic carbocycles. The molecule has 0 spiro atoms. The van der Waals surface area contributed by atoms with Crippen LogP contribution in [0.3, 0.4) is 0 Å². The minimum atomic E-state index is -1.17. The Morgan fingerprint density at radius 3 is 2.27 bits per heavy atom. The molecule has 0 saturated heterocycles. The highest BCUT2D eigenvalue weighted by atomic mass is 16.6. The van der Waals surface area contributed by atoms with Crippen molar-refractivity contribution >= 4 is 29.2 Å². The number of rotatable bonds is 8. The summed E-state index contributed by atoms with van der Waals surface area (Å²) in [5, 5.41) is 15.9. The van der Waals surface area contributed by atoms with E-state index in [0.29, 0.717) is 5.56 Å². The van der Waals surface area contributed by atoms with E-state index in [0.717, 1.165) is 0 Å². The fourth-order valence-corrected chi connectivity index (χ4v) is 2.55. The molecule has 2 aromatic rings. The topological polar surface area (TPSA) is 128 Å². The predicted molar refractivity (Wildman–Crippen MR) is 110 cm³/mol. The van der Waals surface area contributed by atoms with Gasteiger partial charge in [0.25, 0.3) is 17.5 Å². The lowest BCUT2D eigenvalue weighted by Gasteiger charge is -2.23. The second-order valence-corrected chi connectivity index (χ2v) is 6.94. The predicted octanol–water partition coefficient (Wildman–Crippen LogP) is 2.92. The van der Waals surface area contributed by atoms with Gasteiger partial charge in [-0.15, -0.1) is 0 Å². The largest absolute Gasteiger partial charge is 0.451 e. The van der Waals surface area contributed by atoms with Crippen LogP contribution in [-0.4, -0.2) is 34.9 Å². The van der Waals surface area contributed by atoms with Gasteiger partial charge in [0.2, 0.25) is 0 Å². The minimum absolute atomic E-state index is 0.180. The van der Waals surface area contributed by atoms with Crippen molar-refractivity contribution in [3.63, 3.8) is 0 Å². The molecule has 0 heterocycles. The van der Waals surface area contributed by atoms with Gasteiger partial charge in [-0.3, -0.25) is 19.7 Å². The number of non-ortho nitro benzene ring substituents is 1. The summed E-state index contributed by atoms with van der Waals surface area (Å²) in [5.41, 5.74) is 0.420. The van der Waals surface area contributed by atoms with E-state index < -0.39 is 34.9 Å². The molecule has 158 valence electrons. The second kappa shape index (κ2) is 10.1. The Bertz CT molecular complexity index is 929. The Labute approximate surface area is 173 Å². The maximum atomic E-state index is 12.6. The summed E-state index contributed by atoms with van der Waals surface area (Å²) in [6, 6.07) is 12.9. The SMILES string of the molecule is CC(C)[C@@H](NC(=O)c1ccccc1)C(=O)O[C@H](C)C(=O)Nc1cccc([N+](=O)[O-])c1. The third kappa shape index (κ3) is 6.13. The molecule has 0 saturated carbocycles. The van der Waals surface area contributed by atoms with Crippen LogP contribution in [0.1, 0.15) is 31.1 Å². The van der Waals surface area contributed by atoms with Crippen molar-refractivity contribution in [2.45, 2.75) is 32.9 Å². The molecule has 2 N–H and O–H groups in total. The normalized spacial score (nSPS) is 12.5. The summed E-state index contributed by atoms with van der Waals surface area (Å²) in [4.78, 5) is 47.5. The Morgan fingerprint density at radius 1 is 1.00 bits per heavy atom. The van der Waals surface area contributed by atoms with Crippen molar-refractivity contribution < 1.29 is 24.0 Å².